The van der Waals surface area contributed by atoms with E-state index in [0.29, 0.717) is 31.1 Å². The number of likely N-dealkylation sites (tertiary alicyclic amines) is 1. The number of fused-ring (bicyclic) bond motifs is 2. The van der Waals surface area contributed by atoms with E-state index in [9.17, 15) is 14.4 Å². The van der Waals surface area contributed by atoms with Crippen molar-refractivity contribution in [3.8, 4) is 0 Å². The molecular formula is C22H24N4O3. The van der Waals surface area contributed by atoms with Gasteiger partial charge in [-0.1, -0.05) is 18.2 Å². The summed E-state index contributed by atoms with van der Waals surface area (Å²) < 4.78 is 0. The van der Waals surface area contributed by atoms with E-state index >= 15 is 0 Å². The number of benzene rings is 1. The monoisotopic (exact) mass is 392 g/mol. The van der Waals surface area contributed by atoms with Crippen LogP contribution in [-0.4, -0.2) is 65.2 Å². The fourth-order valence-electron chi connectivity index (χ4n) is 5.07. The number of carbonyl (C=O) groups excluding carboxylic acids is 3. The Morgan fingerprint density at radius 1 is 1.10 bits per heavy atom. The Morgan fingerprint density at radius 2 is 1.97 bits per heavy atom. The molecule has 2 aromatic rings. The number of piperidine rings is 1. The molecule has 1 aromatic carbocycles. The number of hydrogen-bond acceptors (Lipinski definition) is 4. The predicted octanol–water partition coefficient (Wildman–Crippen LogP) is 1.29. The Balaban J connectivity index is 1.32. The van der Waals surface area contributed by atoms with Crippen molar-refractivity contribution in [2.45, 2.75) is 12.8 Å². The van der Waals surface area contributed by atoms with Crippen molar-refractivity contribution in [2.75, 3.05) is 32.7 Å². The second-order valence-corrected chi connectivity index (χ2v) is 8.29. The van der Waals surface area contributed by atoms with E-state index in [1.807, 2.05) is 29.2 Å². The molecule has 0 bridgehead atoms. The number of pyridine rings is 1. The maximum atomic E-state index is 13.3. The highest BCUT2D eigenvalue weighted by Gasteiger charge is 2.49. The Labute approximate surface area is 169 Å². The molecule has 1 aliphatic carbocycles. The lowest BCUT2D eigenvalue weighted by Crippen LogP contribution is -2.59. The summed E-state index contributed by atoms with van der Waals surface area (Å²) in [5.74, 6) is 0.613. The second-order valence-electron chi connectivity index (χ2n) is 8.29. The summed E-state index contributed by atoms with van der Waals surface area (Å²) in [6, 6.07) is 9.46. The van der Waals surface area contributed by atoms with Crippen molar-refractivity contribution in [3.63, 3.8) is 0 Å². The van der Waals surface area contributed by atoms with Crippen molar-refractivity contribution < 1.29 is 14.4 Å². The smallest absolute Gasteiger partial charge is 0.254 e. The number of carbonyl (C=O) groups is 3. The molecule has 2 saturated heterocycles. The third-order valence-electron chi connectivity index (χ3n) is 6.71. The first kappa shape index (κ1) is 18.1. The first-order valence-corrected chi connectivity index (χ1v) is 10.3. The zero-order valence-corrected chi connectivity index (χ0v) is 16.2. The van der Waals surface area contributed by atoms with Crippen molar-refractivity contribution >= 4 is 28.6 Å². The van der Waals surface area contributed by atoms with E-state index in [1.54, 1.807) is 17.2 Å². The van der Waals surface area contributed by atoms with Crippen LogP contribution in [-0.2, 0) is 9.59 Å². The SMILES string of the molecule is O=C1CN(C(=O)[C@@H]2C[C@H]3CCN(C(=O)c4ccnc5ccccc45)C[C@H]32)CCN1. The molecular weight excluding hydrogens is 368 g/mol. The van der Waals surface area contributed by atoms with Gasteiger partial charge >= 0.3 is 0 Å². The Hall–Kier alpha value is -2.96. The number of piperazine rings is 1. The lowest BCUT2D eigenvalue weighted by Gasteiger charge is -2.51. The summed E-state index contributed by atoms with van der Waals surface area (Å²) in [5, 5.41) is 3.63. The summed E-state index contributed by atoms with van der Waals surface area (Å²) in [7, 11) is 0. The quantitative estimate of drug-likeness (QED) is 0.835. The van der Waals surface area contributed by atoms with Gasteiger partial charge in [0.05, 0.1) is 17.6 Å². The van der Waals surface area contributed by atoms with Crippen LogP contribution < -0.4 is 5.32 Å². The molecule has 150 valence electrons. The van der Waals surface area contributed by atoms with E-state index in [1.165, 1.54) is 0 Å². The molecule has 3 amide bonds. The van der Waals surface area contributed by atoms with E-state index in [-0.39, 0.29) is 36.1 Å². The van der Waals surface area contributed by atoms with E-state index < -0.39 is 0 Å². The fraction of sp³-hybridized carbons (Fsp3) is 0.455. The summed E-state index contributed by atoms with van der Waals surface area (Å²) in [4.78, 5) is 45.7. The van der Waals surface area contributed by atoms with Crippen LogP contribution in [0.1, 0.15) is 23.2 Å². The lowest BCUT2D eigenvalue weighted by molar-refractivity contribution is -0.151. The van der Waals surface area contributed by atoms with Gasteiger partial charge in [0.25, 0.3) is 5.91 Å². The van der Waals surface area contributed by atoms with Crippen molar-refractivity contribution in [2.24, 2.45) is 17.8 Å². The topological polar surface area (TPSA) is 82.6 Å². The number of amides is 3. The molecule has 3 aliphatic rings. The molecule has 1 saturated carbocycles. The average molecular weight is 392 g/mol. The van der Waals surface area contributed by atoms with Gasteiger partial charge in [0.1, 0.15) is 0 Å². The van der Waals surface area contributed by atoms with Crippen molar-refractivity contribution in [1.29, 1.82) is 0 Å². The van der Waals surface area contributed by atoms with Crippen molar-refractivity contribution in [3.05, 3.63) is 42.1 Å². The number of nitrogens with zero attached hydrogens (tertiary/aromatic N) is 3. The van der Waals surface area contributed by atoms with Crippen molar-refractivity contribution in [1.82, 2.24) is 20.1 Å². The molecule has 5 rings (SSSR count). The van der Waals surface area contributed by atoms with Gasteiger partial charge in [-0.3, -0.25) is 19.4 Å². The van der Waals surface area contributed by atoms with E-state index in [0.717, 1.165) is 30.3 Å². The van der Waals surface area contributed by atoms with Crippen LogP contribution in [0.4, 0.5) is 0 Å². The van der Waals surface area contributed by atoms with Crippen LogP contribution in [0.15, 0.2) is 36.5 Å². The maximum Gasteiger partial charge on any atom is 0.254 e. The largest absolute Gasteiger partial charge is 0.353 e. The van der Waals surface area contributed by atoms with Gasteiger partial charge in [-0.05, 0) is 36.8 Å². The maximum absolute atomic E-state index is 13.3. The summed E-state index contributed by atoms with van der Waals surface area (Å²) in [6.45, 7) is 2.58. The first-order chi connectivity index (χ1) is 14.1. The highest BCUT2D eigenvalue weighted by molar-refractivity contribution is 6.06. The molecule has 3 fully saturated rings. The van der Waals surface area contributed by atoms with Crippen LogP contribution in [0.3, 0.4) is 0 Å². The van der Waals surface area contributed by atoms with Crippen LogP contribution in [0, 0.1) is 17.8 Å². The Morgan fingerprint density at radius 3 is 2.83 bits per heavy atom. The molecule has 0 unspecified atom stereocenters. The number of hydrogen-bond donors (Lipinski definition) is 1. The third kappa shape index (κ3) is 3.14. The molecule has 7 nitrogen and oxygen atoms in total. The minimum atomic E-state index is -0.0921. The van der Waals surface area contributed by atoms with Crippen LogP contribution >= 0.6 is 0 Å². The van der Waals surface area contributed by atoms with Gasteiger partial charge in [-0.25, -0.2) is 0 Å². The number of para-hydroxylation sites is 1. The highest BCUT2D eigenvalue weighted by atomic mass is 16.2. The normalized spacial score (nSPS) is 26.5. The van der Waals surface area contributed by atoms with E-state index in [4.69, 9.17) is 0 Å². The van der Waals surface area contributed by atoms with Gasteiger partial charge in [-0.15, -0.1) is 0 Å². The highest BCUT2D eigenvalue weighted by Crippen LogP contribution is 2.46. The van der Waals surface area contributed by atoms with Crippen LogP contribution in [0.5, 0.6) is 0 Å². The molecule has 3 heterocycles. The van der Waals surface area contributed by atoms with Gasteiger partial charge in [0.2, 0.25) is 11.8 Å². The first-order valence-electron chi connectivity index (χ1n) is 10.3. The molecule has 2 aliphatic heterocycles. The molecule has 0 radical (unpaired) electrons. The summed E-state index contributed by atoms with van der Waals surface area (Å²) in [5.41, 5.74) is 1.48. The second kappa shape index (κ2) is 7.13. The standard InChI is InChI=1S/C22H24N4O3/c27-20-13-26(10-8-24-20)22(29)17-11-14-6-9-25(12-18(14)17)21(28)16-5-7-23-19-4-2-1-3-15(16)19/h1-5,7,14,17-18H,6,8-13H2,(H,24,27)/t14-,17-,18-/m1/s1. The molecule has 7 heteroatoms. The summed E-state index contributed by atoms with van der Waals surface area (Å²) >= 11 is 0. The van der Waals surface area contributed by atoms with Gasteiger partial charge in [0, 0.05) is 43.7 Å². The molecule has 1 aromatic heterocycles. The fourth-order valence-corrected chi connectivity index (χ4v) is 5.07. The number of aromatic nitrogens is 1. The molecule has 1 N–H and O–H groups in total. The predicted molar refractivity (Wildman–Crippen MR) is 107 cm³/mol. The number of nitrogens with one attached hydrogen (secondary N) is 1. The molecule has 0 spiro atoms. The zero-order valence-electron chi connectivity index (χ0n) is 16.2. The molecule has 3 atom stereocenters. The Kier molecular flexibility index (Phi) is 4.45. The minimum Gasteiger partial charge on any atom is -0.353 e. The third-order valence-corrected chi connectivity index (χ3v) is 6.71. The summed E-state index contributed by atoms with van der Waals surface area (Å²) in [6.07, 6.45) is 3.49. The Bertz CT molecular complexity index is 986. The molecule has 29 heavy (non-hydrogen) atoms. The van der Waals surface area contributed by atoms with Crippen LogP contribution in [0.25, 0.3) is 10.9 Å². The lowest BCUT2D eigenvalue weighted by atomic mass is 9.61. The van der Waals surface area contributed by atoms with E-state index in [2.05, 4.69) is 10.3 Å². The minimum absolute atomic E-state index is 0.0116. The average Bonchev–Trinajstić information content (AvgIpc) is 2.73. The van der Waals surface area contributed by atoms with Gasteiger partial charge < -0.3 is 15.1 Å². The van der Waals surface area contributed by atoms with Gasteiger partial charge in [0.15, 0.2) is 0 Å². The zero-order chi connectivity index (χ0) is 20.0. The van der Waals surface area contributed by atoms with Crippen LogP contribution in [0.2, 0.25) is 0 Å². The van der Waals surface area contributed by atoms with Gasteiger partial charge in [-0.2, -0.15) is 0 Å². The number of rotatable bonds is 2.